The number of aliphatic hydroxyl groups excluding tert-OH is 1. The minimum Gasteiger partial charge on any atom is -0.502 e. The predicted octanol–water partition coefficient (Wildman–Crippen LogP) is 4.03. The van der Waals surface area contributed by atoms with E-state index in [2.05, 4.69) is 0 Å². The first-order valence-corrected chi connectivity index (χ1v) is 8.57. The van der Waals surface area contributed by atoms with Gasteiger partial charge < -0.3 is 15.1 Å². The summed E-state index contributed by atoms with van der Waals surface area (Å²) in [5.41, 5.74) is 1.52. The molecule has 0 unspecified atom stereocenters. The first kappa shape index (κ1) is 19.1. The molecule has 0 radical (unpaired) electrons. The van der Waals surface area contributed by atoms with Crippen LogP contribution in [0.1, 0.15) is 11.1 Å². The fraction of sp³-hybridized carbons (Fsp3) is 0.0909. The minimum atomic E-state index is -1.58. The van der Waals surface area contributed by atoms with Crippen molar-refractivity contribution in [2.75, 3.05) is 0 Å². The van der Waals surface area contributed by atoms with Gasteiger partial charge in [0.25, 0.3) is 5.91 Å². The predicted molar refractivity (Wildman–Crippen MR) is 103 cm³/mol. The zero-order valence-corrected chi connectivity index (χ0v) is 14.9. The second kappa shape index (κ2) is 8.35. The number of carboxylic acids is 1. The summed E-state index contributed by atoms with van der Waals surface area (Å²) < 4.78 is 13.2. The van der Waals surface area contributed by atoms with Gasteiger partial charge in [0.2, 0.25) is 5.76 Å². The highest BCUT2D eigenvalue weighted by Gasteiger charge is 2.16. The van der Waals surface area contributed by atoms with Gasteiger partial charge in [-0.05, 0) is 40.1 Å². The summed E-state index contributed by atoms with van der Waals surface area (Å²) in [7, 11) is 0. The zero-order chi connectivity index (χ0) is 20.1. The van der Waals surface area contributed by atoms with Gasteiger partial charge in [0.05, 0.1) is 6.08 Å². The summed E-state index contributed by atoms with van der Waals surface area (Å²) in [5.74, 6) is -3.66. The maximum Gasteiger partial charge on any atom is 0.371 e. The van der Waals surface area contributed by atoms with Crippen molar-refractivity contribution in [2.24, 2.45) is 0 Å². The molecule has 3 aromatic rings. The van der Waals surface area contributed by atoms with Crippen LogP contribution in [0.5, 0.6) is 0 Å². The molecule has 3 aromatic carbocycles. The molecule has 3 rings (SSSR count). The van der Waals surface area contributed by atoms with Crippen molar-refractivity contribution >= 4 is 22.6 Å². The summed E-state index contributed by atoms with van der Waals surface area (Å²) in [6, 6.07) is 19.2. The molecule has 0 atom stereocenters. The van der Waals surface area contributed by atoms with E-state index in [9.17, 15) is 19.1 Å². The van der Waals surface area contributed by atoms with Crippen LogP contribution in [-0.2, 0) is 22.7 Å². The molecule has 142 valence electrons. The Kier molecular flexibility index (Phi) is 5.69. The molecule has 28 heavy (non-hydrogen) atoms. The van der Waals surface area contributed by atoms with Crippen LogP contribution in [0.2, 0.25) is 0 Å². The average Bonchev–Trinajstić information content (AvgIpc) is 2.68. The molecular formula is C22H18FNO4. The molecule has 0 saturated heterocycles. The summed E-state index contributed by atoms with van der Waals surface area (Å²) in [6.45, 7) is 0.333. The number of halogens is 1. The van der Waals surface area contributed by atoms with E-state index in [0.717, 1.165) is 16.3 Å². The molecular weight excluding hydrogens is 361 g/mol. The molecule has 0 spiro atoms. The second-order valence-corrected chi connectivity index (χ2v) is 6.34. The van der Waals surface area contributed by atoms with E-state index in [4.69, 9.17) is 5.11 Å². The topological polar surface area (TPSA) is 77.8 Å². The van der Waals surface area contributed by atoms with Crippen LogP contribution in [0.25, 0.3) is 10.8 Å². The lowest BCUT2D eigenvalue weighted by molar-refractivity contribution is -0.136. The van der Waals surface area contributed by atoms with Gasteiger partial charge in [-0.25, -0.2) is 9.18 Å². The van der Waals surface area contributed by atoms with Crippen molar-refractivity contribution in [3.05, 3.63) is 95.5 Å². The number of aliphatic carboxylic acids is 1. The van der Waals surface area contributed by atoms with Crippen molar-refractivity contribution in [3.63, 3.8) is 0 Å². The Morgan fingerprint density at radius 2 is 1.46 bits per heavy atom. The van der Waals surface area contributed by atoms with E-state index in [1.807, 2.05) is 42.5 Å². The Morgan fingerprint density at radius 1 is 0.857 bits per heavy atom. The Bertz CT molecular complexity index is 1040. The van der Waals surface area contributed by atoms with Crippen molar-refractivity contribution in [2.45, 2.75) is 13.1 Å². The molecule has 0 saturated carbocycles. The highest BCUT2D eigenvalue weighted by Crippen LogP contribution is 2.18. The molecule has 0 aliphatic rings. The molecule has 0 aliphatic carbocycles. The molecule has 0 fully saturated rings. The summed E-state index contributed by atoms with van der Waals surface area (Å²) in [6.07, 6.45) is 0.674. The number of rotatable bonds is 6. The smallest absolute Gasteiger partial charge is 0.371 e. The van der Waals surface area contributed by atoms with E-state index in [-0.39, 0.29) is 18.9 Å². The largest absolute Gasteiger partial charge is 0.502 e. The number of hydrogen-bond acceptors (Lipinski definition) is 3. The number of benzene rings is 3. The van der Waals surface area contributed by atoms with Crippen LogP contribution in [0, 0.1) is 5.82 Å². The Hall–Kier alpha value is -3.67. The number of amides is 1. The number of fused-ring (bicyclic) bond motifs is 1. The number of carboxylic acid groups (broad SMARTS) is 1. The van der Waals surface area contributed by atoms with E-state index in [1.165, 1.54) is 17.0 Å². The van der Waals surface area contributed by atoms with Gasteiger partial charge in [0, 0.05) is 13.1 Å². The molecule has 0 bridgehead atoms. The van der Waals surface area contributed by atoms with Gasteiger partial charge in [0.15, 0.2) is 0 Å². The van der Waals surface area contributed by atoms with Gasteiger partial charge in [-0.1, -0.05) is 48.5 Å². The fourth-order valence-electron chi connectivity index (χ4n) is 2.85. The monoisotopic (exact) mass is 379 g/mol. The third kappa shape index (κ3) is 4.73. The van der Waals surface area contributed by atoms with Gasteiger partial charge in [-0.2, -0.15) is 0 Å². The number of carbonyl (C=O) groups is 2. The fourth-order valence-corrected chi connectivity index (χ4v) is 2.85. The number of carbonyl (C=O) groups excluding carboxylic acids is 1. The first-order valence-electron chi connectivity index (χ1n) is 8.57. The van der Waals surface area contributed by atoms with E-state index < -0.39 is 17.6 Å². The van der Waals surface area contributed by atoms with Crippen LogP contribution >= 0.6 is 0 Å². The van der Waals surface area contributed by atoms with E-state index in [0.29, 0.717) is 11.6 Å². The summed E-state index contributed by atoms with van der Waals surface area (Å²) >= 11 is 0. The number of hydrogen-bond donors (Lipinski definition) is 2. The van der Waals surface area contributed by atoms with Gasteiger partial charge in [-0.3, -0.25) is 4.79 Å². The Balaban J connectivity index is 1.89. The summed E-state index contributed by atoms with van der Waals surface area (Å²) in [5, 5.41) is 20.3. The SMILES string of the molecule is O=C(O)/C(O)=C/C(=O)N(Cc1ccc(F)cc1)Cc1ccc2ccccc2c1. The lowest BCUT2D eigenvalue weighted by atomic mass is 10.1. The quantitative estimate of drug-likeness (QED) is 0.501. The zero-order valence-electron chi connectivity index (χ0n) is 14.9. The normalized spacial score (nSPS) is 11.4. The molecule has 0 aromatic heterocycles. The standard InChI is InChI=1S/C22H18FNO4/c23-19-9-6-15(7-10-19)13-24(21(26)12-20(25)22(27)28)14-16-5-8-17-3-1-2-4-18(17)11-16/h1-12,25H,13-14H2,(H,27,28)/b20-12-. The minimum absolute atomic E-state index is 0.134. The second-order valence-electron chi connectivity index (χ2n) is 6.34. The van der Waals surface area contributed by atoms with Gasteiger partial charge in [-0.15, -0.1) is 0 Å². The molecule has 1 amide bonds. The van der Waals surface area contributed by atoms with Gasteiger partial charge in [0.1, 0.15) is 5.82 Å². The van der Waals surface area contributed by atoms with Crippen LogP contribution in [0.15, 0.2) is 78.6 Å². The van der Waals surface area contributed by atoms with Gasteiger partial charge >= 0.3 is 5.97 Å². The first-order chi connectivity index (χ1) is 13.4. The third-order valence-corrected chi connectivity index (χ3v) is 4.26. The highest BCUT2D eigenvalue weighted by atomic mass is 19.1. The van der Waals surface area contributed by atoms with Crippen LogP contribution in [-0.4, -0.2) is 27.0 Å². The lowest BCUT2D eigenvalue weighted by Crippen LogP contribution is -2.29. The molecule has 5 nitrogen and oxygen atoms in total. The Morgan fingerprint density at radius 3 is 2.14 bits per heavy atom. The maximum atomic E-state index is 13.2. The van der Waals surface area contributed by atoms with Crippen LogP contribution in [0.3, 0.4) is 0 Å². The van der Waals surface area contributed by atoms with Crippen LogP contribution < -0.4 is 0 Å². The number of nitrogens with zero attached hydrogens (tertiary/aromatic N) is 1. The average molecular weight is 379 g/mol. The molecule has 0 aliphatic heterocycles. The molecule has 0 heterocycles. The third-order valence-electron chi connectivity index (χ3n) is 4.26. The van der Waals surface area contributed by atoms with E-state index >= 15 is 0 Å². The maximum absolute atomic E-state index is 13.2. The van der Waals surface area contributed by atoms with Crippen molar-refractivity contribution in [1.29, 1.82) is 0 Å². The van der Waals surface area contributed by atoms with E-state index in [1.54, 1.807) is 12.1 Å². The van der Waals surface area contributed by atoms with Crippen molar-refractivity contribution in [1.82, 2.24) is 4.90 Å². The van der Waals surface area contributed by atoms with Crippen molar-refractivity contribution in [3.8, 4) is 0 Å². The van der Waals surface area contributed by atoms with Crippen molar-refractivity contribution < 1.29 is 24.2 Å². The Labute approximate surface area is 161 Å². The van der Waals surface area contributed by atoms with Crippen LogP contribution in [0.4, 0.5) is 4.39 Å². The summed E-state index contributed by atoms with van der Waals surface area (Å²) in [4.78, 5) is 24.8. The lowest BCUT2D eigenvalue weighted by Gasteiger charge is -2.22. The molecule has 6 heteroatoms. The molecule has 2 N–H and O–H groups in total. The highest BCUT2D eigenvalue weighted by molar-refractivity contribution is 5.96. The number of aliphatic hydroxyl groups is 1.